The molecule has 0 aliphatic rings. The highest BCUT2D eigenvalue weighted by Crippen LogP contribution is 2.26. The summed E-state index contributed by atoms with van der Waals surface area (Å²) in [5.74, 6) is -0.464. The largest absolute Gasteiger partial charge is 0.324 e. The number of benzene rings is 3. The molecule has 3 aromatic carbocycles. The van der Waals surface area contributed by atoms with E-state index in [0.717, 1.165) is 21.0 Å². The Balaban J connectivity index is 1.58. The number of aromatic nitrogens is 2. The highest BCUT2D eigenvalue weighted by Gasteiger charge is 2.11. The van der Waals surface area contributed by atoms with Crippen molar-refractivity contribution < 1.29 is 9.72 Å². The van der Waals surface area contributed by atoms with Crippen LogP contribution in [-0.2, 0) is 11.3 Å². The number of amides is 1. The van der Waals surface area contributed by atoms with Gasteiger partial charge in [0.25, 0.3) is 11.2 Å². The lowest BCUT2D eigenvalue weighted by Gasteiger charge is -2.10. The molecule has 1 amide bonds. The Labute approximate surface area is 170 Å². The first-order chi connectivity index (χ1) is 14.5. The molecule has 4 aromatic rings. The van der Waals surface area contributed by atoms with E-state index >= 15 is 0 Å². The van der Waals surface area contributed by atoms with Gasteiger partial charge in [-0.2, -0.15) is 5.10 Å². The van der Waals surface area contributed by atoms with Gasteiger partial charge in [-0.25, -0.2) is 4.68 Å². The molecule has 0 atom stereocenters. The number of carbonyl (C=O) groups is 1. The summed E-state index contributed by atoms with van der Waals surface area (Å²) in [5.41, 5.74) is 1.35. The third kappa shape index (κ3) is 3.93. The Morgan fingerprint density at radius 3 is 2.47 bits per heavy atom. The number of fused-ring (bicyclic) bond motifs is 1. The Hall–Kier alpha value is -4.33. The van der Waals surface area contributed by atoms with E-state index < -0.39 is 16.4 Å². The van der Waals surface area contributed by atoms with Crippen LogP contribution in [0.2, 0.25) is 0 Å². The third-order valence-corrected chi connectivity index (χ3v) is 4.59. The maximum atomic E-state index is 12.4. The maximum absolute atomic E-state index is 12.4. The van der Waals surface area contributed by atoms with Crippen molar-refractivity contribution in [1.29, 1.82) is 0 Å². The second-order valence-electron chi connectivity index (χ2n) is 6.59. The fourth-order valence-electron chi connectivity index (χ4n) is 3.16. The number of hydrogen-bond donors (Lipinski definition) is 1. The monoisotopic (exact) mass is 400 g/mol. The summed E-state index contributed by atoms with van der Waals surface area (Å²) in [6.45, 7) is -0.283. The molecule has 30 heavy (non-hydrogen) atoms. The highest BCUT2D eigenvalue weighted by atomic mass is 16.6. The fourth-order valence-corrected chi connectivity index (χ4v) is 3.16. The van der Waals surface area contributed by atoms with E-state index in [4.69, 9.17) is 0 Å². The van der Waals surface area contributed by atoms with E-state index in [9.17, 15) is 19.7 Å². The van der Waals surface area contributed by atoms with Gasteiger partial charge >= 0.3 is 0 Å². The number of rotatable bonds is 5. The van der Waals surface area contributed by atoms with Crippen molar-refractivity contribution in [2.45, 2.75) is 6.54 Å². The van der Waals surface area contributed by atoms with Crippen molar-refractivity contribution in [3.05, 3.63) is 99.3 Å². The van der Waals surface area contributed by atoms with Crippen LogP contribution in [0.25, 0.3) is 22.0 Å². The molecule has 0 saturated heterocycles. The van der Waals surface area contributed by atoms with E-state index in [1.807, 2.05) is 42.5 Å². The number of anilines is 1. The van der Waals surface area contributed by atoms with E-state index in [0.29, 0.717) is 11.4 Å². The Morgan fingerprint density at radius 1 is 0.967 bits per heavy atom. The normalized spacial score (nSPS) is 10.7. The predicted octanol–water partition coefficient (Wildman–Crippen LogP) is 3.61. The molecule has 1 heterocycles. The zero-order chi connectivity index (χ0) is 21.1. The minimum Gasteiger partial charge on any atom is -0.324 e. The van der Waals surface area contributed by atoms with Crippen LogP contribution in [0.3, 0.4) is 0 Å². The summed E-state index contributed by atoms with van der Waals surface area (Å²) >= 11 is 0. The predicted molar refractivity (Wildman–Crippen MR) is 113 cm³/mol. The number of non-ortho nitro benzene ring substituents is 1. The number of nitrogens with zero attached hydrogens (tertiary/aromatic N) is 3. The van der Waals surface area contributed by atoms with Crippen LogP contribution >= 0.6 is 0 Å². The maximum Gasteiger partial charge on any atom is 0.269 e. The molecule has 0 aliphatic carbocycles. The first kappa shape index (κ1) is 19.0. The van der Waals surface area contributed by atoms with Crippen molar-refractivity contribution in [2.24, 2.45) is 0 Å². The highest BCUT2D eigenvalue weighted by molar-refractivity contribution is 5.95. The van der Waals surface area contributed by atoms with E-state index in [2.05, 4.69) is 10.4 Å². The van der Waals surface area contributed by atoms with Crippen LogP contribution in [0.5, 0.6) is 0 Å². The molecule has 0 spiro atoms. The SMILES string of the molecule is O=C(Cn1nc(-c2cccc3ccccc23)ccc1=O)Nc1ccc([N+](=O)[O-])cc1. The summed E-state index contributed by atoms with van der Waals surface area (Å²) in [5, 5.41) is 19.7. The minimum atomic E-state index is -0.520. The standard InChI is InChI=1S/C22H16N4O4/c27-21(23-16-8-10-17(11-9-16)26(29)30)14-25-22(28)13-12-20(24-25)19-7-3-5-15-4-1-2-6-18(15)19/h1-13H,14H2,(H,23,27). The van der Waals surface area contributed by atoms with Crippen molar-refractivity contribution in [1.82, 2.24) is 9.78 Å². The lowest BCUT2D eigenvalue weighted by atomic mass is 10.0. The molecule has 0 bridgehead atoms. The molecule has 0 fully saturated rings. The van der Waals surface area contributed by atoms with Crippen LogP contribution in [0.1, 0.15) is 0 Å². The lowest BCUT2D eigenvalue weighted by Crippen LogP contribution is -2.29. The average molecular weight is 400 g/mol. The van der Waals surface area contributed by atoms with Crippen LogP contribution in [-0.4, -0.2) is 20.6 Å². The Bertz CT molecular complexity index is 1310. The van der Waals surface area contributed by atoms with Crippen LogP contribution in [0.15, 0.2) is 83.7 Å². The summed E-state index contributed by atoms with van der Waals surface area (Å²) in [6, 6.07) is 22.1. The molecule has 8 heteroatoms. The molecule has 148 valence electrons. The molecule has 0 unspecified atom stereocenters. The van der Waals surface area contributed by atoms with Gasteiger partial charge in [-0.05, 0) is 29.0 Å². The molecule has 0 saturated carbocycles. The Kier molecular flexibility index (Phi) is 5.04. The summed E-state index contributed by atoms with van der Waals surface area (Å²) < 4.78 is 1.10. The quantitative estimate of drug-likeness (QED) is 0.407. The molecule has 8 nitrogen and oxygen atoms in total. The number of nitro groups is 1. The Morgan fingerprint density at radius 2 is 1.70 bits per heavy atom. The number of hydrogen-bond acceptors (Lipinski definition) is 5. The van der Waals surface area contributed by atoms with Gasteiger partial charge < -0.3 is 5.32 Å². The topological polar surface area (TPSA) is 107 Å². The van der Waals surface area contributed by atoms with Crippen molar-refractivity contribution in [3.8, 4) is 11.3 Å². The second kappa shape index (κ2) is 7.96. The van der Waals surface area contributed by atoms with Crippen molar-refractivity contribution in [3.63, 3.8) is 0 Å². The second-order valence-corrected chi connectivity index (χ2v) is 6.59. The van der Waals surface area contributed by atoms with Crippen LogP contribution in [0.4, 0.5) is 11.4 Å². The third-order valence-electron chi connectivity index (χ3n) is 4.59. The first-order valence-electron chi connectivity index (χ1n) is 9.12. The molecule has 1 N–H and O–H groups in total. The zero-order valence-electron chi connectivity index (χ0n) is 15.7. The van der Waals surface area contributed by atoms with Gasteiger partial charge in [-0.1, -0.05) is 42.5 Å². The van der Waals surface area contributed by atoms with Gasteiger partial charge in [0.2, 0.25) is 5.91 Å². The van der Waals surface area contributed by atoms with Gasteiger partial charge in [-0.3, -0.25) is 19.7 Å². The molecule has 0 aliphatic heterocycles. The lowest BCUT2D eigenvalue weighted by molar-refractivity contribution is -0.384. The molecular weight excluding hydrogens is 384 g/mol. The zero-order valence-corrected chi connectivity index (χ0v) is 15.7. The molecular formula is C22H16N4O4. The fraction of sp³-hybridized carbons (Fsp3) is 0.0455. The van der Waals surface area contributed by atoms with Crippen LogP contribution in [0, 0.1) is 10.1 Å². The van der Waals surface area contributed by atoms with Gasteiger partial charge in [0.1, 0.15) is 6.54 Å². The first-order valence-corrected chi connectivity index (χ1v) is 9.12. The summed E-state index contributed by atoms with van der Waals surface area (Å²) in [7, 11) is 0. The summed E-state index contributed by atoms with van der Waals surface area (Å²) in [4.78, 5) is 34.8. The summed E-state index contributed by atoms with van der Waals surface area (Å²) in [6.07, 6.45) is 0. The van der Waals surface area contributed by atoms with Crippen molar-refractivity contribution >= 4 is 28.1 Å². The average Bonchev–Trinajstić information content (AvgIpc) is 2.75. The smallest absolute Gasteiger partial charge is 0.269 e. The van der Waals surface area contributed by atoms with Crippen LogP contribution < -0.4 is 10.9 Å². The number of nitro benzene ring substituents is 1. The number of nitrogens with one attached hydrogen (secondary N) is 1. The van der Waals surface area contributed by atoms with E-state index in [1.54, 1.807) is 6.07 Å². The van der Waals surface area contributed by atoms with Gasteiger partial charge in [0.05, 0.1) is 10.6 Å². The number of carbonyl (C=O) groups excluding carboxylic acids is 1. The van der Waals surface area contributed by atoms with E-state index in [1.165, 1.54) is 30.3 Å². The van der Waals surface area contributed by atoms with Gasteiger partial charge in [0, 0.05) is 29.4 Å². The van der Waals surface area contributed by atoms with E-state index in [-0.39, 0.29) is 12.2 Å². The van der Waals surface area contributed by atoms with Crippen molar-refractivity contribution in [2.75, 3.05) is 5.32 Å². The molecule has 0 radical (unpaired) electrons. The van der Waals surface area contributed by atoms with Gasteiger partial charge in [0.15, 0.2) is 0 Å². The molecule has 1 aromatic heterocycles. The minimum absolute atomic E-state index is 0.0753. The molecule has 4 rings (SSSR count). The van der Waals surface area contributed by atoms with Gasteiger partial charge in [-0.15, -0.1) is 0 Å².